The minimum Gasteiger partial charge on any atom is -0.497 e. The SMILES string of the molecule is C#Cc1cc(OC)cc(OC)c1F. The highest BCUT2D eigenvalue weighted by Gasteiger charge is 2.09. The third kappa shape index (κ3) is 1.73. The highest BCUT2D eigenvalue weighted by molar-refractivity contribution is 5.46. The minimum atomic E-state index is -0.536. The Kier molecular flexibility index (Phi) is 2.76. The van der Waals surface area contributed by atoms with Gasteiger partial charge >= 0.3 is 0 Å². The van der Waals surface area contributed by atoms with Crippen molar-refractivity contribution >= 4 is 0 Å². The predicted molar refractivity (Wildman–Crippen MR) is 47.4 cm³/mol. The van der Waals surface area contributed by atoms with Crippen LogP contribution in [0, 0.1) is 18.2 Å². The van der Waals surface area contributed by atoms with E-state index in [4.69, 9.17) is 15.9 Å². The number of hydrogen-bond acceptors (Lipinski definition) is 2. The fraction of sp³-hybridized carbons (Fsp3) is 0.200. The number of hydrogen-bond donors (Lipinski definition) is 0. The molecule has 1 rings (SSSR count). The van der Waals surface area contributed by atoms with E-state index < -0.39 is 5.82 Å². The Morgan fingerprint density at radius 2 is 2.00 bits per heavy atom. The summed E-state index contributed by atoms with van der Waals surface area (Å²) in [6, 6.07) is 2.88. The standard InChI is InChI=1S/C10H9FO2/c1-4-7-5-8(12-2)6-9(13-3)10(7)11/h1,5-6H,2-3H3. The Morgan fingerprint density at radius 3 is 2.46 bits per heavy atom. The molecule has 0 spiro atoms. The number of ether oxygens (including phenoxy) is 2. The molecule has 0 unspecified atom stereocenters. The van der Waals surface area contributed by atoms with Crippen LogP contribution in [0.15, 0.2) is 12.1 Å². The molecule has 0 saturated carbocycles. The Labute approximate surface area is 76.3 Å². The van der Waals surface area contributed by atoms with Gasteiger partial charge in [-0.2, -0.15) is 0 Å². The summed E-state index contributed by atoms with van der Waals surface area (Å²) in [5.41, 5.74) is 0.135. The van der Waals surface area contributed by atoms with Crippen LogP contribution < -0.4 is 9.47 Å². The number of rotatable bonds is 2. The Balaban J connectivity index is 3.31. The molecule has 0 atom stereocenters. The first-order valence-corrected chi connectivity index (χ1v) is 3.61. The molecule has 2 nitrogen and oxygen atoms in total. The predicted octanol–water partition coefficient (Wildman–Crippen LogP) is 1.82. The van der Waals surface area contributed by atoms with Gasteiger partial charge in [-0.3, -0.25) is 0 Å². The van der Waals surface area contributed by atoms with Crippen molar-refractivity contribution in [3.63, 3.8) is 0 Å². The minimum absolute atomic E-state index is 0.0901. The fourth-order valence-corrected chi connectivity index (χ4v) is 0.944. The van der Waals surface area contributed by atoms with Crippen LogP contribution >= 0.6 is 0 Å². The number of halogens is 1. The van der Waals surface area contributed by atoms with Crippen LogP contribution in [-0.2, 0) is 0 Å². The van der Waals surface area contributed by atoms with Crippen molar-refractivity contribution in [1.82, 2.24) is 0 Å². The summed E-state index contributed by atoms with van der Waals surface area (Å²) in [7, 11) is 2.85. The molecule has 0 aliphatic carbocycles. The molecule has 3 heteroatoms. The number of methoxy groups -OCH3 is 2. The second-order valence-electron chi connectivity index (χ2n) is 2.34. The van der Waals surface area contributed by atoms with Crippen LogP contribution in [0.4, 0.5) is 4.39 Å². The van der Waals surface area contributed by atoms with Crippen molar-refractivity contribution in [3.8, 4) is 23.8 Å². The normalized spacial score (nSPS) is 9.08. The van der Waals surface area contributed by atoms with Gasteiger partial charge in [-0.15, -0.1) is 6.42 Å². The quantitative estimate of drug-likeness (QED) is 0.646. The summed E-state index contributed by atoms with van der Waals surface area (Å²) in [5.74, 6) is 2.24. The Hall–Kier alpha value is -1.69. The van der Waals surface area contributed by atoms with E-state index in [1.165, 1.54) is 26.4 Å². The molecule has 0 N–H and O–H groups in total. The van der Waals surface area contributed by atoms with E-state index in [9.17, 15) is 4.39 Å². The molecular weight excluding hydrogens is 171 g/mol. The zero-order valence-corrected chi connectivity index (χ0v) is 7.43. The summed E-state index contributed by atoms with van der Waals surface area (Å²) in [6.07, 6.45) is 5.10. The van der Waals surface area contributed by atoms with E-state index in [1.54, 1.807) is 0 Å². The van der Waals surface area contributed by atoms with Gasteiger partial charge in [-0.25, -0.2) is 4.39 Å². The van der Waals surface area contributed by atoms with E-state index >= 15 is 0 Å². The zero-order valence-electron chi connectivity index (χ0n) is 7.43. The van der Waals surface area contributed by atoms with Crippen LogP contribution in [0.1, 0.15) is 5.56 Å². The molecule has 0 saturated heterocycles. The first-order valence-electron chi connectivity index (χ1n) is 3.61. The van der Waals surface area contributed by atoms with Gasteiger partial charge in [-0.05, 0) is 6.07 Å². The molecular formula is C10H9FO2. The Morgan fingerprint density at radius 1 is 1.31 bits per heavy atom. The van der Waals surface area contributed by atoms with Gasteiger partial charge in [-0.1, -0.05) is 5.92 Å². The van der Waals surface area contributed by atoms with Crippen LogP contribution in [-0.4, -0.2) is 14.2 Å². The molecule has 0 bridgehead atoms. The van der Waals surface area contributed by atoms with Gasteiger partial charge in [0.2, 0.25) is 0 Å². The van der Waals surface area contributed by atoms with E-state index in [1.807, 2.05) is 0 Å². The topological polar surface area (TPSA) is 18.5 Å². The zero-order chi connectivity index (χ0) is 9.84. The highest BCUT2D eigenvalue weighted by atomic mass is 19.1. The van der Waals surface area contributed by atoms with E-state index in [0.29, 0.717) is 5.75 Å². The molecule has 0 amide bonds. The lowest BCUT2D eigenvalue weighted by Crippen LogP contribution is -1.94. The average Bonchev–Trinajstić information content (AvgIpc) is 2.18. The van der Waals surface area contributed by atoms with Gasteiger partial charge in [0, 0.05) is 6.07 Å². The average molecular weight is 180 g/mol. The first-order chi connectivity index (χ1) is 6.22. The molecule has 0 heterocycles. The summed E-state index contributed by atoms with van der Waals surface area (Å²) in [4.78, 5) is 0. The lowest BCUT2D eigenvalue weighted by Gasteiger charge is -2.06. The van der Waals surface area contributed by atoms with Crippen molar-refractivity contribution < 1.29 is 13.9 Å². The van der Waals surface area contributed by atoms with Crippen LogP contribution in [0.3, 0.4) is 0 Å². The van der Waals surface area contributed by atoms with E-state index in [-0.39, 0.29) is 11.3 Å². The van der Waals surface area contributed by atoms with Gasteiger partial charge in [0.05, 0.1) is 19.8 Å². The molecule has 0 fully saturated rings. The molecule has 13 heavy (non-hydrogen) atoms. The molecule has 68 valence electrons. The molecule has 0 aliphatic rings. The van der Waals surface area contributed by atoms with Crippen molar-refractivity contribution in [3.05, 3.63) is 23.5 Å². The molecule has 0 aliphatic heterocycles. The highest BCUT2D eigenvalue weighted by Crippen LogP contribution is 2.26. The molecule has 1 aromatic carbocycles. The maximum Gasteiger partial charge on any atom is 0.180 e. The number of terminal acetylenes is 1. The largest absolute Gasteiger partial charge is 0.497 e. The third-order valence-electron chi connectivity index (χ3n) is 1.62. The fourth-order valence-electron chi connectivity index (χ4n) is 0.944. The van der Waals surface area contributed by atoms with Gasteiger partial charge in [0.25, 0.3) is 0 Å². The smallest absolute Gasteiger partial charge is 0.180 e. The summed E-state index contributed by atoms with van der Waals surface area (Å²) >= 11 is 0. The maximum atomic E-state index is 13.3. The second kappa shape index (κ2) is 3.81. The van der Waals surface area contributed by atoms with Gasteiger partial charge in [0.1, 0.15) is 5.75 Å². The van der Waals surface area contributed by atoms with Crippen molar-refractivity contribution in [2.24, 2.45) is 0 Å². The third-order valence-corrected chi connectivity index (χ3v) is 1.62. The maximum absolute atomic E-state index is 13.3. The van der Waals surface area contributed by atoms with Crippen LogP contribution in [0.25, 0.3) is 0 Å². The molecule has 1 aromatic rings. The van der Waals surface area contributed by atoms with Crippen molar-refractivity contribution in [2.75, 3.05) is 14.2 Å². The second-order valence-corrected chi connectivity index (χ2v) is 2.34. The lowest BCUT2D eigenvalue weighted by atomic mass is 10.2. The van der Waals surface area contributed by atoms with E-state index in [0.717, 1.165) is 0 Å². The Bertz CT molecular complexity index is 353. The van der Waals surface area contributed by atoms with Gasteiger partial charge < -0.3 is 9.47 Å². The first kappa shape index (κ1) is 9.40. The molecule has 0 aromatic heterocycles. The summed E-state index contributed by atoms with van der Waals surface area (Å²) in [6.45, 7) is 0. The summed E-state index contributed by atoms with van der Waals surface area (Å²) in [5, 5.41) is 0. The number of benzene rings is 1. The molecule has 0 radical (unpaired) electrons. The van der Waals surface area contributed by atoms with E-state index in [2.05, 4.69) is 5.92 Å². The monoisotopic (exact) mass is 180 g/mol. The van der Waals surface area contributed by atoms with Crippen LogP contribution in [0.5, 0.6) is 11.5 Å². The van der Waals surface area contributed by atoms with Crippen molar-refractivity contribution in [2.45, 2.75) is 0 Å². The van der Waals surface area contributed by atoms with Gasteiger partial charge in [0.15, 0.2) is 11.6 Å². The summed E-state index contributed by atoms with van der Waals surface area (Å²) < 4.78 is 23.0. The van der Waals surface area contributed by atoms with Crippen molar-refractivity contribution in [1.29, 1.82) is 0 Å². The van der Waals surface area contributed by atoms with Crippen LogP contribution in [0.2, 0.25) is 0 Å². The lowest BCUT2D eigenvalue weighted by molar-refractivity contribution is 0.373.